The van der Waals surface area contributed by atoms with Gasteiger partial charge < -0.3 is 15.2 Å². The zero-order chi connectivity index (χ0) is 22.2. The molecule has 8 heteroatoms. The Balaban J connectivity index is 1.53. The number of aliphatic carboxylic acids is 1. The van der Waals surface area contributed by atoms with Crippen LogP contribution in [-0.2, 0) is 24.2 Å². The number of anilines is 2. The van der Waals surface area contributed by atoms with Crippen molar-refractivity contribution in [2.75, 3.05) is 5.32 Å². The summed E-state index contributed by atoms with van der Waals surface area (Å²) in [5.41, 5.74) is 3.69. The summed E-state index contributed by atoms with van der Waals surface area (Å²) in [6.45, 7) is 0.362. The van der Waals surface area contributed by atoms with E-state index in [2.05, 4.69) is 15.3 Å². The van der Waals surface area contributed by atoms with Gasteiger partial charge in [0.2, 0.25) is 0 Å². The summed E-state index contributed by atoms with van der Waals surface area (Å²) in [4.78, 5) is 24.5. The minimum Gasteiger partial charge on any atom is -0.481 e. The zero-order valence-electron chi connectivity index (χ0n) is 17.3. The van der Waals surface area contributed by atoms with Gasteiger partial charge >= 0.3 is 5.97 Å². The normalized spacial score (nSPS) is 10.6. The van der Waals surface area contributed by atoms with Gasteiger partial charge in [-0.05, 0) is 11.1 Å². The van der Waals surface area contributed by atoms with E-state index in [9.17, 15) is 4.79 Å². The molecular formula is C24H22N4O3S. The van der Waals surface area contributed by atoms with Gasteiger partial charge in [-0.15, -0.1) is 11.3 Å². The molecule has 4 rings (SSSR count). The summed E-state index contributed by atoms with van der Waals surface area (Å²) in [6.07, 6.45) is 2.80. The molecule has 0 saturated heterocycles. The van der Waals surface area contributed by atoms with Crippen LogP contribution in [0.25, 0.3) is 0 Å². The summed E-state index contributed by atoms with van der Waals surface area (Å²) >= 11 is 1.39. The van der Waals surface area contributed by atoms with Crippen LogP contribution in [0.2, 0.25) is 0 Å². The third-order valence-electron chi connectivity index (χ3n) is 4.61. The Morgan fingerprint density at radius 3 is 2.41 bits per heavy atom. The molecule has 0 unspecified atom stereocenters. The van der Waals surface area contributed by atoms with Gasteiger partial charge in [0.15, 0.2) is 10.9 Å². The van der Waals surface area contributed by atoms with Crippen LogP contribution < -0.4 is 10.1 Å². The van der Waals surface area contributed by atoms with Gasteiger partial charge in [-0.1, -0.05) is 60.7 Å². The molecule has 0 amide bonds. The Kier molecular flexibility index (Phi) is 7.04. The number of ether oxygens (including phenoxy) is 1. The fourth-order valence-electron chi connectivity index (χ4n) is 3.02. The van der Waals surface area contributed by atoms with E-state index in [0.717, 1.165) is 22.5 Å². The Morgan fingerprint density at radius 1 is 0.969 bits per heavy atom. The average Bonchev–Trinajstić information content (AvgIpc) is 3.26. The molecule has 0 fully saturated rings. The smallest absolute Gasteiger partial charge is 0.303 e. The molecule has 32 heavy (non-hydrogen) atoms. The molecule has 2 aromatic carbocycles. The van der Waals surface area contributed by atoms with Crippen LogP contribution in [0.15, 0.2) is 72.2 Å². The minimum absolute atomic E-state index is 0.0442. The predicted molar refractivity (Wildman–Crippen MR) is 123 cm³/mol. The molecule has 0 aliphatic heterocycles. The minimum atomic E-state index is -0.844. The van der Waals surface area contributed by atoms with Crippen molar-refractivity contribution in [2.24, 2.45) is 0 Å². The van der Waals surface area contributed by atoms with Gasteiger partial charge in [0, 0.05) is 18.2 Å². The second-order valence-corrected chi connectivity index (χ2v) is 7.97. The molecule has 2 aromatic heterocycles. The van der Waals surface area contributed by atoms with Crippen molar-refractivity contribution in [3.8, 4) is 5.88 Å². The van der Waals surface area contributed by atoms with Gasteiger partial charge in [-0.25, -0.2) is 15.0 Å². The van der Waals surface area contributed by atoms with E-state index in [0.29, 0.717) is 36.3 Å². The number of carboxylic acids is 1. The topological polar surface area (TPSA) is 97.2 Å². The first kappa shape index (κ1) is 21.5. The molecule has 0 aliphatic carbocycles. The summed E-state index contributed by atoms with van der Waals surface area (Å²) in [5, 5.41) is 14.5. The maximum Gasteiger partial charge on any atom is 0.303 e. The number of rotatable bonds is 10. The number of carboxylic acid groups (broad SMARTS) is 1. The molecule has 0 spiro atoms. The van der Waals surface area contributed by atoms with E-state index < -0.39 is 5.97 Å². The second kappa shape index (κ2) is 10.5. The Bertz CT molecular complexity index is 1170. The lowest BCUT2D eigenvalue weighted by atomic mass is 10.1. The molecule has 0 atom stereocenters. The van der Waals surface area contributed by atoms with E-state index in [4.69, 9.17) is 14.8 Å². The van der Waals surface area contributed by atoms with Crippen molar-refractivity contribution in [3.63, 3.8) is 0 Å². The van der Waals surface area contributed by atoms with Gasteiger partial charge in [0.05, 0.1) is 24.0 Å². The van der Waals surface area contributed by atoms with E-state index >= 15 is 0 Å². The SMILES string of the molecule is O=C(O)CCc1csc(Nc2ncc(Cc3ccccc3)nc2OCc2ccccc2)n1. The van der Waals surface area contributed by atoms with Crippen LogP contribution in [0.3, 0.4) is 0 Å². The van der Waals surface area contributed by atoms with Gasteiger partial charge in [-0.2, -0.15) is 0 Å². The van der Waals surface area contributed by atoms with Crippen LogP contribution in [0.1, 0.15) is 28.9 Å². The highest BCUT2D eigenvalue weighted by Crippen LogP contribution is 2.27. The number of nitrogens with one attached hydrogen (secondary N) is 1. The zero-order valence-corrected chi connectivity index (χ0v) is 18.1. The third kappa shape index (κ3) is 6.12. The highest BCUT2D eigenvalue weighted by atomic mass is 32.1. The van der Waals surface area contributed by atoms with Crippen molar-refractivity contribution < 1.29 is 14.6 Å². The van der Waals surface area contributed by atoms with Crippen LogP contribution in [-0.4, -0.2) is 26.0 Å². The van der Waals surface area contributed by atoms with E-state index in [1.165, 1.54) is 11.3 Å². The van der Waals surface area contributed by atoms with Crippen molar-refractivity contribution in [1.29, 1.82) is 0 Å². The number of carbonyl (C=O) groups is 1. The number of thiazole rings is 1. The Hall–Kier alpha value is -3.78. The maximum absolute atomic E-state index is 10.8. The summed E-state index contributed by atoms with van der Waals surface area (Å²) in [7, 11) is 0. The van der Waals surface area contributed by atoms with Crippen LogP contribution >= 0.6 is 11.3 Å². The fourth-order valence-corrected chi connectivity index (χ4v) is 3.77. The van der Waals surface area contributed by atoms with E-state index in [-0.39, 0.29) is 6.42 Å². The highest BCUT2D eigenvalue weighted by Gasteiger charge is 2.13. The lowest BCUT2D eigenvalue weighted by molar-refractivity contribution is -0.136. The molecule has 7 nitrogen and oxygen atoms in total. The van der Waals surface area contributed by atoms with E-state index in [1.54, 1.807) is 6.20 Å². The van der Waals surface area contributed by atoms with Crippen LogP contribution in [0.5, 0.6) is 5.88 Å². The third-order valence-corrected chi connectivity index (χ3v) is 5.42. The Morgan fingerprint density at radius 2 is 1.69 bits per heavy atom. The number of nitrogens with zero attached hydrogens (tertiary/aromatic N) is 3. The molecule has 0 bridgehead atoms. The number of hydrogen-bond acceptors (Lipinski definition) is 7. The monoisotopic (exact) mass is 446 g/mol. The van der Waals surface area contributed by atoms with Crippen molar-refractivity contribution in [3.05, 3.63) is 94.8 Å². The predicted octanol–water partition coefficient (Wildman–Crippen LogP) is 4.86. The summed E-state index contributed by atoms with van der Waals surface area (Å²) in [5.74, 6) is 0.0189. The second-order valence-electron chi connectivity index (χ2n) is 7.11. The van der Waals surface area contributed by atoms with Gasteiger partial charge in [-0.3, -0.25) is 4.79 Å². The van der Waals surface area contributed by atoms with Gasteiger partial charge in [0.1, 0.15) is 6.61 Å². The quantitative estimate of drug-likeness (QED) is 0.359. The lowest BCUT2D eigenvalue weighted by Crippen LogP contribution is -2.06. The largest absolute Gasteiger partial charge is 0.481 e. The summed E-state index contributed by atoms with van der Waals surface area (Å²) in [6, 6.07) is 19.9. The van der Waals surface area contributed by atoms with Crippen molar-refractivity contribution in [1.82, 2.24) is 15.0 Å². The fraction of sp³-hybridized carbons (Fsp3) is 0.167. The molecule has 0 saturated carbocycles. The number of aromatic nitrogens is 3. The highest BCUT2D eigenvalue weighted by molar-refractivity contribution is 7.13. The summed E-state index contributed by atoms with van der Waals surface area (Å²) < 4.78 is 6.02. The van der Waals surface area contributed by atoms with E-state index in [1.807, 2.05) is 66.0 Å². The number of hydrogen-bond donors (Lipinski definition) is 2. The van der Waals surface area contributed by atoms with Crippen LogP contribution in [0, 0.1) is 0 Å². The molecule has 4 aromatic rings. The standard InChI is InChI=1S/C24H22N4O3S/c29-21(30)12-11-19-16-32-24(27-19)28-22-23(31-15-18-9-5-2-6-10-18)26-20(14-25-22)13-17-7-3-1-4-8-17/h1-10,14,16H,11-13,15H2,(H,29,30)(H,25,27,28). The van der Waals surface area contributed by atoms with Crippen molar-refractivity contribution in [2.45, 2.75) is 25.9 Å². The molecule has 2 N–H and O–H groups in total. The number of aryl methyl sites for hydroxylation is 1. The number of benzene rings is 2. The first-order chi connectivity index (χ1) is 15.7. The molecule has 0 aliphatic rings. The Labute approximate surface area is 189 Å². The average molecular weight is 447 g/mol. The first-order valence-electron chi connectivity index (χ1n) is 10.2. The maximum atomic E-state index is 10.8. The van der Waals surface area contributed by atoms with Crippen LogP contribution in [0.4, 0.5) is 10.9 Å². The molecule has 162 valence electrons. The molecule has 2 heterocycles. The van der Waals surface area contributed by atoms with Crippen molar-refractivity contribution >= 4 is 28.3 Å². The lowest BCUT2D eigenvalue weighted by Gasteiger charge is -2.12. The van der Waals surface area contributed by atoms with Gasteiger partial charge in [0.25, 0.3) is 5.88 Å². The first-order valence-corrected chi connectivity index (χ1v) is 11.0. The molecular weight excluding hydrogens is 424 g/mol. The molecule has 0 radical (unpaired) electrons.